The van der Waals surface area contributed by atoms with Gasteiger partial charge in [0.15, 0.2) is 0 Å². The number of benzene rings is 2. The number of nitrogens with zero attached hydrogens (tertiary/aromatic N) is 2. The third-order valence-corrected chi connectivity index (χ3v) is 4.58. The van der Waals surface area contributed by atoms with Gasteiger partial charge in [0.05, 0.1) is 13.7 Å². The quantitative estimate of drug-likeness (QED) is 0.479. The number of hydrogen-bond acceptors (Lipinski definition) is 5. The van der Waals surface area contributed by atoms with Crippen LogP contribution in [0.4, 0.5) is 10.1 Å². The Kier molecular flexibility index (Phi) is 7.43. The van der Waals surface area contributed by atoms with Crippen molar-refractivity contribution in [2.24, 2.45) is 0 Å². The molecule has 0 aliphatic rings. The lowest BCUT2D eigenvalue weighted by molar-refractivity contribution is -0.116. The summed E-state index contributed by atoms with van der Waals surface area (Å²) in [6, 6.07) is 16.2. The summed E-state index contributed by atoms with van der Waals surface area (Å²) < 4.78 is 29.3. The Morgan fingerprint density at radius 2 is 1.84 bits per heavy atom. The van der Waals surface area contributed by atoms with Crippen LogP contribution in [0.1, 0.15) is 18.1 Å². The van der Waals surface area contributed by atoms with Crippen LogP contribution in [0.15, 0.2) is 60.8 Å². The van der Waals surface area contributed by atoms with E-state index in [2.05, 4.69) is 4.98 Å². The molecule has 0 unspecified atom stereocenters. The lowest BCUT2D eigenvalue weighted by atomic mass is 10.1. The number of hydrogen-bond donors (Lipinski definition) is 0. The highest BCUT2D eigenvalue weighted by atomic mass is 19.1. The first-order chi connectivity index (χ1) is 15.0. The number of aryl methyl sites for hydroxylation is 1. The second-order valence-electron chi connectivity index (χ2n) is 6.86. The average molecular weight is 424 g/mol. The Hall–Kier alpha value is -3.61. The van der Waals surface area contributed by atoms with Crippen LogP contribution in [0, 0.1) is 6.92 Å². The largest absolute Gasteiger partial charge is 0.497 e. The summed E-state index contributed by atoms with van der Waals surface area (Å²) in [5.41, 5.74) is 2.29. The molecule has 162 valence electrons. The molecule has 0 saturated heterocycles. The minimum Gasteiger partial charge on any atom is -0.497 e. The van der Waals surface area contributed by atoms with Gasteiger partial charge in [-0.25, -0.2) is 9.37 Å². The minimum absolute atomic E-state index is 0.0468. The molecular weight excluding hydrogens is 399 g/mol. The number of anilines is 1. The number of amides is 1. The van der Waals surface area contributed by atoms with Gasteiger partial charge in [-0.3, -0.25) is 4.79 Å². The molecule has 0 aliphatic heterocycles. The molecule has 1 aromatic heterocycles. The van der Waals surface area contributed by atoms with Crippen molar-refractivity contribution in [2.45, 2.75) is 20.4 Å². The first-order valence-corrected chi connectivity index (χ1v) is 9.85. The second-order valence-corrected chi connectivity index (χ2v) is 6.86. The van der Waals surface area contributed by atoms with Crippen LogP contribution < -0.4 is 19.1 Å². The fourth-order valence-electron chi connectivity index (χ4n) is 3.08. The summed E-state index contributed by atoms with van der Waals surface area (Å²) in [5, 5.41) is 0. The number of alkyl halides is 1. The van der Waals surface area contributed by atoms with E-state index >= 15 is 0 Å². The Morgan fingerprint density at radius 3 is 2.52 bits per heavy atom. The number of carbonyl (C=O) groups excluding carboxylic acids is 1. The standard InChI is InChI=1S/C24H25FN2O4/c1-17-6-11-23(30-14-12-25)19(15-17)16-27(18(2)28)22-5-4-13-26-24(22)31-21-9-7-20(29-3)8-10-21/h4-11,13,15H,12,14,16H2,1-3H3. The zero-order valence-corrected chi connectivity index (χ0v) is 17.8. The van der Waals surface area contributed by atoms with Crippen LogP contribution in [-0.4, -0.2) is 31.3 Å². The number of pyridine rings is 1. The molecule has 0 fully saturated rings. The predicted molar refractivity (Wildman–Crippen MR) is 117 cm³/mol. The van der Waals surface area contributed by atoms with Gasteiger partial charge >= 0.3 is 0 Å². The van der Waals surface area contributed by atoms with Crippen LogP contribution in [0.3, 0.4) is 0 Å². The summed E-state index contributed by atoms with van der Waals surface area (Å²) in [7, 11) is 1.59. The molecule has 1 amide bonds. The number of aromatic nitrogens is 1. The number of ether oxygens (including phenoxy) is 3. The molecule has 3 rings (SSSR count). The van der Waals surface area contributed by atoms with Crippen molar-refractivity contribution < 1.29 is 23.4 Å². The zero-order chi connectivity index (χ0) is 22.2. The maximum atomic E-state index is 12.6. The molecule has 0 atom stereocenters. The van der Waals surface area contributed by atoms with Crippen molar-refractivity contribution in [1.82, 2.24) is 4.98 Å². The van der Waals surface area contributed by atoms with Gasteiger partial charge in [-0.1, -0.05) is 17.7 Å². The lowest BCUT2D eigenvalue weighted by Crippen LogP contribution is -2.28. The van der Waals surface area contributed by atoms with Crippen molar-refractivity contribution in [3.05, 3.63) is 71.9 Å². The first-order valence-electron chi connectivity index (χ1n) is 9.85. The van der Waals surface area contributed by atoms with E-state index < -0.39 is 6.67 Å². The highest BCUT2D eigenvalue weighted by Crippen LogP contribution is 2.33. The van der Waals surface area contributed by atoms with E-state index in [1.165, 1.54) is 6.92 Å². The monoisotopic (exact) mass is 424 g/mol. The van der Waals surface area contributed by atoms with Crippen LogP contribution in [0.5, 0.6) is 23.1 Å². The first kappa shape index (κ1) is 22.1. The fraction of sp³-hybridized carbons (Fsp3) is 0.250. The third-order valence-electron chi connectivity index (χ3n) is 4.58. The summed E-state index contributed by atoms with van der Waals surface area (Å²) in [6.07, 6.45) is 1.60. The molecule has 7 heteroatoms. The molecule has 0 bridgehead atoms. The molecule has 0 spiro atoms. The van der Waals surface area contributed by atoms with Gasteiger partial charge in [0, 0.05) is 18.7 Å². The number of halogens is 1. The Bertz CT molecular complexity index is 1020. The summed E-state index contributed by atoms with van der Waals surface area (Å²) in [4.78, 5) is 18.5. The van der Waals surface area contributed by atoms with E-state index in [9.17, 15) is 9.18 Å². The summed E-state index contributed by atoms with van der Waals surface area (Å²) in [6.45, 7) is 3.01. The normalized spacial score (nSPS) is 10.5. The van der Waals surface area contributed by atoms with Crippen molar-refractivity contribution >= 4 is 11.6 Å². The van der Waals surface area contributed by atoms with Gasteiger partial charge in [0.2, 0.25) is 11.8 Å². The van der Waals surface area contributed by atoms with Crippen molar-refractivity contribution in [3.63, 3.8) is 0 Å². The molecular formula is C24H25FN2O4. The van der Waals surface area contributed by atoms with Crippen molar-refractivity contribution in [1.29, 1.82) is 0 Å². The smallest absolute Gasteiger partial charge is 0.243 e. The van der Waals surface area contributed by atoms with E-state index in [1.54, 1.807) is 60.7 Å². The molecule has 3 aromatic rings. The fourth-order valence-corrected chi connectivity index (χ4v) is 3.08. The van der Waals surface area contributed by atoms with Gasteiger partial charge in [0.25, 0.3) is 0 Å². The van der Waals surface area contributed by atoms with Crippen LogP contribution in [0.2, 0.25) is 0 Å². The van der Waals surface area contributed by atoms with Crippen molar-refractivity contribution in [2.75, 3.05) is 25.3 Å². The van der Waals surface area contributed by atoms with Gasteiger partial charge in [-0.15, -0.1) is 0 Å². The Labute approximate surface area is 181 Å². The number of methoxy groups -OCH3 is 1. The Balaban J connectivity index is 1.92. The molecule has 0 radical (unpaired) electrons. The van der Waals surface area contributed by atoms with Gasteiger partial charge < -0.3 is 19.1 Å². The highest BCUT2D eigenvalue weighted by Gasteiger charge is 2.20. The summed E-state index contributed by atoms with van der Waals surface area (Å²) >= 11 is 0. The van der Waals surface area contributed by atoms with Gasteiger partial charge in [-0.2, -0.15) is 0 Å². The van der Waals surface area contributed by atoms with E-state index in [4.69, 9.17) is 14.2 Å². The molecule has 1 heterocycles. The number of rotatable bonds is 9. The molecule has 6 nitrogen and oxygen atoms in total. The Morgan fingerprint density at radius 1 is 1.10 bits per heavy atom. The molecule has 31 heavy (non-hydrogen) atoms. The SMILES string of the molecule is COc1ccc(Oc2ncccc2N(Cc2cc(C)ccc2OCCF)C(C)=O)cc1. The molecule has 0 saturated carbocycles. The van der Waals surface area contributed by atoms with E-state index in [-0.39, 0.29) is 19.1 Å². The minimum atomic E-state index is -0.591. The van der Waals surface area contributed by atoms with Crippen LogP contribution >= 0.6 is 0 Å². The van der Waals surface area contributed by atoms with Crippen LogP contribution in [-0.2, 0) is 11.3 Å². The zero-order valence-electron chi connectivity index (χ0n) is 17.8. The van der Waals surface area contributed by atoms with Gasteiger partial charge in [-0.05, 0) is 49.4 Å². The maximum Gasteiger partial charge on any atom is 0.243 e. The van der Waals surface area contributed by atoms with Crippen molar-refractivity contribution in [3.8, 4) is 23.1 Å². The molecule has 0 aliphatic carbocycles. The molecule has 2 aromatic carbocycles. The predicted octanol–water partition coefficient (Wildman–Crippen LogP) is 5.09. The van der Waals surface area contributed by atoms with E-state index in [0.29, 0.717) is 28.8 Å². The third kappa shape index (κ3) is 5.72. The molecule has 0 N–H and O–H groups in total. The van der Waals surface area contributed by atoms with E-state index in [1.807, 2.05) is 19.1 Å². The average Bonchev–Trinajstić information content (AvgIpc) is 2.78. The topological polar surface area (TPSA) is 60.9 Å². The lowest BCUT2D eigenvalue weighted by Gasteiger charge is -2.24. The summed E-state index contributed by atoms with van der Waals surface area (Å²) in [5.74, 6) is 1.91. The highest BCUT2D eigenvalue weighted by molar-refractivity contribution is 5.92. The maximum absolute atomic E-state index is 12.6. The van der Waals surface area contributed by atoms with E-state index in [0.717, 1.165) is 11.1 Å². The van der Waals surface area contributed by atoms with Gasteiger partial charge in [0.1, 0.15) is 36.2 Å². The second kappa shape index (κ2) is 10.4. The van der Waals surface area contributed by atoms with Crippen LogP contribution in [0.25, 0.3) is 0 Å². The number of carbonyl (C=O) groups is 1.